The van der Waals surface area contributed by atoms with Crippen molar-refractivity contribution in [1.29, 1.82) is 0 Å². The van der Waals surface area contributed by atoms with Gasteiger partial charge in [0.2, 0.25) is 0 Å². The highest BCUT2D eigenvalue weighted by Crippen LogP contribution is 2.43. The fourth-order valence-electron chi connectivity index (χ4n) is 4.59. The Hall–Kier alpha value is -1.52. The molecule has 3 atom stereocenters. The van der Waals surface area contributed by atoms with Crippen molar-refractivity contribution in [3.05, 3.63) is 0 Å². The molecule has 12 heteroatoms. The van der Waals surface area contributed by atoms with Crippen molar-refractivity contribution >= 4 is 25.7 Å². The summed E-state index contributed by atoms with van der Waals surface area (Å²) in [6.45, 7) is 2.74. The third-order valence-corrected chi connectivity index (χ3v) is 8.31. The summed E-state index contributed by atoms with van der Waals surface area (Å²) in [6, 6.07) is -1.51. The molecular weight excluding hydrogens is 589 g/mol. The maximum atomic E-state index is 12.5. The highest BCUT2D eigenvalue weighted by molar-refractivity contribution is 7.47. The van der Waals surface area contributed by atoms with Crippen LogP contribution >= 0.6 is 7.82 Å². The standard InChI is InChI=1S/C32H62NO10P/c1-3-5-7-9-11-13-14-16-18-20-22-24-31(35)43-28(26-41-44(38,39)42-27-29(33)32(36)37)25-40-30(34)23-21-19-17-15-12-10-8-6-4-2/h28-29H,3-27,33H2,1-2H3,(H,36,37)(H,38,39). The minimum Gasteiger partial charge on any atom is -0.480 e. The van der Waals surface area contributed by atoms with E-state index in [1.54, 1.807) is 0 Å². The first-order chi connectivity index (χ1) is 21.1. The molecule has 44 heavy (non-hydrogen) atoms. The minimum atomic E-state index is -4.69. The molecule has 4 N–H and O–H groups in total. The maximum Gasteiger partial charge on any atom is 0.472 e. The number of nitrogens with two attached hydrogens (primary N) is 1. The fourth-order valence-corrected chi connectivity index (χ4v) is 5.37. The molecule has 0 aliphatic rings. The summed E-state index contributed by atoms with van der Waals surface area (Å²) in [5.74, 6) is -2.38. The number of carbonyl (C=O) groups is 3. The van der Waals surface area contributed by atoms with Crippen LogP contribution in [0.5, 0.6) is 0 Å². The summed E-state index contributed by atoms with van der Waals surface area (Å²) >= 11 is 0. The third-order valence-electron chi connectivity index (χ3n) is 7.36. The molecule has 0 saturated carbocycles. The molecule has 0 aromatic carbocycles. The molecule has 0 fully saturated rings. The minimum absolute atomic E-state index is 0.167. The first-order valence-electron chi connectivity index (χ1n) is 17.1. The van der Waals surface area contributed by atoms with Crippen LogP contribution < -0.4 is 5.73 Å². The molecule has 0 heterocycles. The Morgan fingerprint density at radius 3 is 1.43 bits per heavy atom. The number of carboxylic acid groups (broad SMARTS) is 1. The van der Waals surface area contributed by atoms with E-state index >= 15 is 0 Å². The Morgan fingerprint density at radius 2 is 1.00 bits per heavy atom. The van der Waals surface area contributed by atoms with Gasteiger partial charge in [-0.3, -0.25) is 23.4 Å². The summed E-state index contributed by atoms with van der Waals surface area (Å²) in [5, 5.41) is 8.82. The van der Waals surface area contributed by atoms with E-state index in [1.165, 1.54) is 77.0 Å². The van der Waals surface area contributed by atoms with Gasteiger partial charge in [0.05, 0.1) is 13.2 Å². The van der Waals surface area contributed by atoms with Gasteiger partial charge >= 0.3 is 25.7 Å². The molecule has 0 aliphatic heterocycles. The number of ether oxygens (including phenoxy) is 2. The quantitative estimate of drug-likeness (QED) is 0.0371. The molecule has 0 rings (SSSR count). The molecular formula is C32H62NO10P. The number of esters is 2. The van der Waals surface area contributed by atoms with E-state index in [4.69, 9.17) is 24.8 Å². The summed E-state index contributed by atoms with van der Waals surface area (Å²) < 4.78 is 32.4. The molecule has 0 amide bonds. The van der Waals surface area contributed by atoms with E-state index in [0.717, 1.165) is 38.5 Å². The van der Waals surface area contributed by atoms with Crippen LogP contribution in [0.25, 0.3) is 0 Å². The van der Waals surface area contributed by atoms with Gasteiger partial charge in [-0.1, -0.05) is 129 Å². The summed E-state index contributed by atoms with van der Waals surface area (Å²) in [6.07, 6.45) is 21.9. The van der Waals surface area contributed by atoms with Crippen molar-refractivity contribution in [3.63, 3.8) is 0 Å². The van der Waals surface area contributed by atoms with Crippen LogP contribution in [-0.4, -0.2) is 59.9 Å². The second-order valence-corrected chi connectivity index (χ2v) is 13.1. The lowest BCUT2D eigenvalue weighted by Crippen LogP contribution is -2.34. The highest BCUT2D eigenvalue weighted by Gasteiger charge is 2.28. The van der Waals surface area contributed by atoms with Gasteiger partial charge in [0.25, 0.3) is 0 Å². The van der Waals surface area contributed by atoms with Crippen LogP contribution in [-0.2, 0) is 37.5 Å². The van der Waals surface area contributed by atoms with Crippen molar-refractivity contribution < 1.29 is 47.5 Å². The average Bonchev–Trinajstić information content (AvgIpc) is 2.99. The lowest BCUT2D eigenvalue weighted by Gasteiger charge is -2.20. The first kappa shape index (κ1) is 42.5. The smallest absolute Gasteiger partial charge is 0.472 e. The molecule has 11 nitrogen and oxygen atoms in total. The maximum absolute atomic E-state index is 12.5. The van der Waals surface area contributed by atoms with Crippen molar-refractivity contribution in [2.75, 3.05) is 19.8 Å². The molecule has 260 valence electrons. The number of rotatable bonds is 32. The zero-order valence-electron chi connectivity index (χ0n) is 27.5. The van der Waals surface area contributed by atoms with Gasteiger partial charge in [-0.2, -0.15) is 0 Å². The predicted molar refractivity (Wildman–Crippen MR) is 171 cm³/mol. The topological polar surface area (TPSA) is 172 Å². The fraction of sp³-hybridized carbons (Fsp3) is 0.906. The van der Waals surface area contributed by atoms with E-state index in [-0.39, 0.29) is 19.4 Å². The van der Waals surface area contributed by atoms with Gasteiger partial charge in [-0.05, 0) is 12.8 Å². The Morgan fingerprint density at radius 1 is 0.614 bits per heavy atom. The highest BCUT2D eigenvalue weighted by atomic mass is 31.2. The van der Waals surface area contributed by atoms with Gasteiger partial charge in [-0.15, -0.1) is 0 Å². The van der Waals surface area contributed by atoms with Crippen LogP contribution in [0.4, 0.5) is 0 Å². The largest absolute Gasteiger partial charge is 0.480 e. The number of aliphatic carboxylic acids is 1. The molecule has 0 aliphatic carbocycles. The van der Waals surface area contributed by atoms with Crippen molar-refractivity contribution in [2.45, 2.75) is 167 Å². The normalized spacial score (nSPS) is 14.1. The lowest BCUT2D eigenvalue weighted by molar-refractivity contribution is -0.161. The van der Waals surface area contributed by atoms with E-state index in [2.05, 4.69) is 18.4 Å². The van der Waals surface area contributed by atoms with Crippen LogP contribution in [0.2, 0.25) is 0 Å². The zero-order valence-corrected chi connectivity index (χ0v) is 28.4. The van der Waals surface area contributed by atoms with E-state index in [0.29, 0.717) is 12.8 Å². The molecule has 0 aromatic heterocycles. The first-order valence-corrected chi connectivity index (χ1v) is 18.6. The zero-order chi connectivity index (χ0) is 32.9. The van der Waals surface area contributed by atoms with Crippen molar-refractivity contribution in [3.8, 4) is 0 Å². The molecule has 0 radical (unpaired) electrons. The Labute approximate surface area is 265 Å². The van der Waals surface area contributed by atoms with Crippen molar-refractivity contribution in [2.24, 2.45) is 5.73 Å². The van der Waals surface area contributed by atoms with Gasteiger partial charge < -0.3 is 25.2 Å². The lowest BCUT2D eigenvalue weighted by atomic mass is 10.1. The molecule has 0 saturated heterocycles. The second kappa shape index (κ2) is 28.9. The number of phosphoric acid groups is 1. The van der Waals surface area contributed by atoms with Gasteiger partial charge in [-0.25, -0.2) is 4.57 Å². The second-order valence-electron chi connectivity index (χ2n) is 11.7. The Bertz CT molecular complexity index is 782. The van der Waals surface area contributed by atoms with Crippen LogP contribution in [0.1, 0.15) is 155 Å². The number of hydrogen-bond acceptors (Lipinski definition) is 9. The van der Waals surface area contributed by atoms with Gasteiger partial charge in [0.1, 0.15) is 12.6 Å². The number of carboxylic acids is 1. The SMILES string of the molecule is CCCCCCCCCCCCCC(=O)OC(COC(=O)CCCCCCCCCCC)COP(=O)(O)OCC(N)C(=O)O. The summed E-state index contributed by atoms with van der Waals surface area (Å²) in [4.78, 5) is 45.4. The van der Waals surface area contributed by atoms with E-state index < -0.39 is 51.1 Å². The van der Waals surface area contributed by atoms with Gasteiger partial charge in [0, 0.05) is 12.8 Å². The average molecular weight is 652 g/mol. The number of unbranched alkanes of at least 4 members (excludes halogenated alkanes) is 18. The van der Waals surface area contributed by atoms with Crippen LogP contribution in [0.3, 0.4) is 0 Å². The number of phosphoric ester groups is 1. The third kappa shape index (κ3) is 28.0. The van der Waals surface area contributed by atoms with E-state index in [9.17, 15) is 23.8 Å². The molecule has 3 unspecified atom stereocenters. The Balaban J connectivity index is 4.50. The Kier molecular flexibility index (Phi) is 27.9. The monoisotopic (exact) mass is 651 g/mol. The van der Waals surface area contributed by atoms with Gasteiger partial charge in [0.15, 0.2) is 6.10 Å². The predicted octanol–water partition coefficient (Wildman–Crippen LogP) is 7.61. The number of hydrogen-bond donors (Lipinski definition) is 3. The molecule has 0 bridgehead atoms. The molecule has 0 spiro atoms. The summed E-state index contributed by atoms with van der Waals surface area (Å²) in [7, 11) is -4.69. The number of carbonyl (C=O) groups excluding carboxylic acids is 2. The van der Waals surface area contributed by atoms with E-state index in [1.807, 2.05) is 0 Å². The van der Waals surface area contributed by atoms with Crippen LogP contribution in [0, 0.1) is 0 Å². The molecule has 0 aromatic rings. The summed E-state index contributed by atoms with van der Waals surface area (Å²) in [5.41, 5.74) is 5.29. The van der Waals surface area contributed by atoms with Crippen molar-refractivity contribution in [1.82, 2.24) is 0 Å². The van der Waals surface area contributed by atoms with Crippen LogP contribution in [0.15, 0.2) is 0 Å².